The molecule has 0 amide bonds. The molecule has 9 N–H and O–H groups in total. The number of hydrogen-bond donors (Lipinski definition) is 9. The molecule has 4 aromatic carbocycles. The lowest BCUT2D eigenvalue weighted by molar-refractivity contribution is -0.350. The van der Waals surface area contributed by atoms with E-state index in [9.17, 15) is 70.7 Å². The Morgan fingerprint density at radius 2 is 1.01 bits per heavy atom. The molecule has 0 spiro atoms. The molecule has 4 aliphatic carbocycles. The average molecular weight is 1340 g/mol. The van der Waals surface area contributed by atoms with Gasteiger partial charge in [0.2, 0.25) is 0 Å². The van der Waals surface area contributed by atoms with E-state index in [-0.39, 0.29) is 43.2 Å². The van der Waals surface area contributed by atoms with Crippen LogP contribution in [0.4, 0.5) is 0 Å². The highest BCUT2D eigenvalue weighted by Gasteiger charge is 2.71. The normalized spacial score (nSPS) is 36.9. The second-order valence-corrected chi connectivity index (χ2v) is 27.0. The summed E-state index contributed by atoms with van der Waals surface area (Å²) in [5, 5.41) is 109. The van der Waals surface area contributed by atoms with E-state index in [1.165, 1.54) is 27.2 Å². The molecule has 22 atom stereocenters. The third-order valence-corrected chi connectivity index (χ3v) is 21.4. The summed E-state index contributed by atoms with van der Waals surface area (Å²) in [6, 6.07) is 0.465. The van der Waals surface area contributed by atoms with Gasteiger partial charge in [-0.25, -0.2) is 0 Å². The van der Waals surface area contributed by atoms with Crippen LogP contribution in [-0.2, 0) is 47.4 Å². The minimum Gasteiger partial charge on any atom is -0.511 e. The number of hydrogen-bond acceptors (Lipinski definition) is 26. The van der Waals surface area contributed by atoms with Gasteiger partial charge in [0.25, 0.3) is 0 Å². The van der Waals surface area contributed by atoms with E-state index in [0.29, 0.717) is 0 Å². The van der Waals surface area contributed by atoms with Crippen molar-refractivity contribution in [1.82, 2.24) is 9.80 Å². The van der Waals surface area contributed by atoms with Gasteiger partial charge in [-0.3, -0.25) is 24.0 Å². The number of phenols is 4. The average Bonchev–Trinajstić information content (AvgIpc) is 1.44. The Morgan fingerprint density at radius 1 is 0.562 bits per heavy atom. The standard InChI is InChI=1S/C68H82N4O24/c1-13-67(95-40-22-36(87-11)57(79)26(5)91-40)52(63(85)43-29(65(67)93-38-20-34(77)55(71(7)8)24(3)89-38)19-28-42(43)60(82)45-31(74)16-15-30(73)44(45)59(28)81)53-64(86)49-48-50(62(84)47-33(76)18-17-32(75)46(47)61(48)83)54(70-69)51(49)66(94-39-21-35(78)56(72(9)10)25(4)90-39)68(53,14-2)96-41-23-37(88-12)58(80)27(6)92-41/h15-19,24-27,34-41,52-53,55-58,65-66,77-85H,13-14,20-23H2,1-12H3/t24-,25-,26+,27+,34-,35-,36+,37+,38+,39+,40+,41+,52-,53-,55-,56-,57+,58+,65+,66+,67-,68-/m0/s1. The number of ketones is 3. The minimum atomic E-state index is -2.55. The molecule has 4 aliphatic heterocycles. The van der Waals surface area contributed by atoms with E-state index in [2.05, 4.69) is 4.79 Å². The zero-order valence-corrected chi connectivity index (χ0v) is 55.1. The number of fused-ring (bicyclic) bond motifs is 8. The Morgan fingerprint density at radius 3 is 1.46 bits per heavy atom. The molecular formula is C68H82N4O24. The number of ether oxygens (including phenoxy) is 10. The third-order valence-electron chi connectivity index (χ3n) is 21.4. The van der Waals surface area contributed by atoms with Gasteiger partial charge in [0.05, 0.1) is 100 Å². The fourth-order valence-corrected chi connectivity index (χ4v) is 17.1. The second kappa shape index (κ2) is 25.5. The van der Waals surface area contributed by atoms with E-state index >= 15 is 4.79 Å². The Balaban J connectivity index is 1.24. The molecule has 28 nitrogen and oxygen atoms in total. The monoisotopic (exact) mass is 1340 g/mol. The third kappa shape index (κ3) is 10.4. The number of carbonyl (C=O) groups excluding carboxylic acids is 3. The molecule has 4 aromatic rings. The predicted octanol–water partition coefficient (Wildman–Crippen LogP) is 2.93. The van der Waals surface area contributed by atoms with Crippen molar-refractivity contribution in [3.8, 4) is 23.0 Å². The van der Waals surface area contributed by atoms with Crippen LogP contribution in [0.1, 0.15) is 134 Å². The molecule has 12 rings (SSSR count). The van der Waals surface area contributed by atoms with Crippen molar-refractivity contribution in [2.75, 3.05) is 42.4 Å². The van der Waals surface area contributed by atoms with E-state index in [1.54, 1.807) is 72.6 Å². The zero-order chi connectivity index (χ0) is 69.5. The number of carbonyl (C=O) groups is 3. The first-order chi connectivity index (χ1) is 45.5. The van der Waals surface area contributed by atoms with Crippen molar-refractivity contribution in [1.29, 1.82) is 0 Å². The number of phenolic OH excluding ortho intramolecular Hbond substituents is 4. The summed E-state index contributed by atoms with van der Waals surface area (Å²) in [5.41, 5.74) is 1.13. The van der Waals surface area contributed by atoms with Gasteiger partial charge >= 0.3 is 5.36 Å². The lowest BCUT2D eigenvalue weighted by Crippen LogP contribution is -2.68. The summed E-state index contributed by atoms with van der Waals surface area (Å²) in [6.07, 6.45) is -19.5. The first kappa shape index (κ1) is 69.1. The highest BCUT2D eigenvalue weighted by Crippen LogP contribution is 2.65. The minimum absolute atomic E-state index is 0.116. The molecule has 0 bridgehead atoms. The Hall–Kier alpha value is -6.77. The fourth-order valence-electron chi connectivity index (χ4n) is 17.1. The lowest BCUT2D eigenvalue weighted by Gasteiger charge is -2.59. The quantitative estimate of drug-likeness (QED) is 0.0469. The number of nitrogens with zero attached hydrogens (tertiary/aromatic N) is 4. The first-order valence-electron chi connectivity index (χ1n) is 32.3. The predicted molar refractivity (Wildman–Crippen MR) is 336 cm³/mol. The molecule has 96 heavy (non-hydrogen) atoms. The van der Waals surface area contributed by atoms with Crippen LogP contribution >= 0.6 is 0 Å². The van der Waals surface area contributed by atoms with Crippen LogP contribution in [0, 0.1) is 11.8 Å². The number of rotatable bonds is 15. The summed E-state index contributed by atoms with van der Waals surface area (Å²) >= 11 is 0. The molecule has 518 valence electrons. The van der Waals surface area contributed by atoms with Crippen molar-refractivity contribution in [2.45, 2.75) is 202 Å². The van der Waals surface area contributed by atoms with E-state index in [4.69, 9.17) is 47.4 Å². The molecule has 0 radical (unpaired) electrons. The van der Waals surface area contributed by atoms with Gasteiger partial charge in [-0.15, -0.1) is 0 Å². The number of methoxy groups -OCH3 is 2. The van der Waals surface area contributed by atoms with Crippen molar-refractivity contribution in [3.63, 3.8) is 0 Å². The zero-order valence-electron chi connectivity index (χ0n) is 55.1. The van der Waals surface area contributed by atoms with E-state index in [0.717, 1.165) is 24.3 Å². The fraction of sp³-hybridized carbons (Fsp3) is 0.588. The van der Waals surface area contributed by atoms with Crippen molar-refractivity contribution < 1.29 is 113 Å². The molecule has 0 unspecified atom stereocenters. The van der Waals surface area contributed by atoms with E-state index < -0.39 is 257 Å². The smallest absolute Gasteiger partial charge is 0.333 e. The lowest BCUT2D eigenvalue weighted by atomic mass is 9.55. The molecule has 4 saturated heterocycles. The summed E-state index contributed by atoms with van der Waals surface area (Å²) in [4.78, 5) is 81.0. The Bertz CT molecular complexity index is 4110. The summed E-state index contributed by atoms with van der Waals surface area (Å²) in [7, 11) is 9.67. The van der Waals surface area contributed by atoms with Gasteiger partial charge in [-0.05, 0) is 105 Å². The van der Waals surface area contributed by atoms with Gasteiger partial charge in [-0.1, -0.05) is 13.8 Å². The van der Waals surface area contributed by atoms with Crippen LogP contribution in [0.25, 0.3) is 38.7 Å². The van der Waals surface area contributed by atoms with Gasteiger partial charge in [0.15, 0.2) is 53.4 Å². The Kier molecular flexibility index (Phi) is 18.4. The molecule has 28 heteroatoms. The van der Waals surface area contributed by atoms with Crippen molar-refractivity contribution in [3.05, 3.63) is 100 Å². The van der Waals surface area contributed by atoms with Gasteiger partial charge in [0, 0.05) is 67.6 Å². The van der Waals surface area contributed by atoms with Crippen LogP contribution in [0.3, 0.4) is 0 Å². The maximum Gasteiger partial charge on any atom is 0.333 e. The first-order valence-corrected chi connectivity index (χ1v) is 32.3. The van der Waals surface area contributed by atoms with Crippen LogP contribution in [0.15, 0.2) is 45.2 Å². The number of aromatic hydroxyl groups is 4. The molecule has 8 aliphatic rings. The van der Waals surface area contributed by atoms with E-state index in [1.807, 2.05) is 0 Å². The number of allylic oxidation sites excluding steroid dienone is 2. The Labute approximate surface area is 550 Å². The number of aliphatic hydroxyl groups excluding tert-OH is 5. The number of aliphatic hydroxyl groups is 5. The second-order valence-electron chi connectivity index (χ2n) is 27.0. The largest absolute Gasteiger partial charge is 0.511 e. The highest BCUT2D eigenvalue weighted by molar-refractivity contribution is 6.26. The van der Waals surface area contributed by atoms with Gasteiger partial charge < -0.3 is 109 Å². The SMILES string of the molecule is CC[C@@]1(O[C@@H]2C[C@@H](OC)[C@H](O)[C@@H](C)O2)[C@H](O[C@@H]2C[C@H](O)[C@@H](N(C)C)[C@H](C)O2)C2=Cc3c(O)c4c(c(O)c3C2=C(O)[C@@H]1[C@H]1C(=O)c2c(c(=[N+]=[N-])c3c(O)c5c(=O)ccc(=O)c5c(O)c23)[C@@H](O[C@@H]2C[C@H](O)[C@@H](N(C)C)[C@H](C)O2)[C@@]1(CC)O[C@@H]1C[C@@H](OC)[C@H](O)[C@@H](C)O1)C(=O)C=CC4=O. The van der Waals surface area contributed by atoms with Crippen LogP contribution in [0.5, 0.6) is 23.0 Å². The van der Waals surface area contributed by atoms with Crippen LogP contribution in [-0.4, -0.2) is 236 Å². The molecule has 0 aromatic heterocycles. The topological polar surface area (TPSA) is 403 Å². The number of likely N-dealkylation sites (N-methyl/N-ethyl adjacent to an activating group) is 2. The molecule has 4 fully saturated rings. The number of Topliss-reactive ketones (excluding diaryl/α,β-unsaturated/α-hetero) is 1. The molecular weight excluding hydrogens is 1260 g/mol. The molecule has 4 heterocycles. The molecule has 0 saturated carbocycles. The van der Waals surface area contributed by atoms with Crippen molar-refractivity contribution in [2.24, 2.45) is 11.8 Å². The maximum atomic E-state index is 17.8. The summed E-state index contributed by atoms with van der Waals surface area (Å²) in [5.74, 6) is -11.9. The van der Waals surface area contributed by atoms with Crippen LogP contribution in [0.2, 0.25) is 0 Å². The highest BCUT2D eigenvalue weighted by atomic mass is 16.7. The van der Waals surface area contributed by atoms with Crippen molar-refractivity contribution >= 4 is 50.5 Å². The maximum absolute atomic E-state index is 17.8. The van der Waals surface area contributed by atoms with Gasteiger partial charge in [0.1, 0.15) is 69.8 Å². The van der Waals surface area contributed by atoms with Crippen LogP contribution < -0.4 is 16.2 Å². The summed E-state index contributed by atoms with van der Waals surface area (Å²) < 4.78 is 67.9. The van der Waals surface area contributed by atoms with Gasteiger partial charge in [-0.2, -0.15) is 4.79 Å². The number of benzene rings is 3. The summed E-state index contributed by atoms with van der Waals surface area (Å²) in [6.45, 7) is 9.66.